The maximum absolute atomic E-state index is 14.2. The fourth-order valence-corrected chi connectivity index (χ4v) is 19.8. The third-order valence-electron chi connectivity index (χ3n) is 20.7. The van der Waals surface area contributed by atoms with Crippen molar-refractivity contribution in [3.8, 4) is 23.0 Å². The van der Waals surface area contributed by atoms with Gasteiger partial charge in [-0.25, -0.2) is 54.8 Å². The van der Waals surface area contributed by atoms with Gasteiger partial charge in [0.15, 0.2) is 21.7 Å². The van der Waals surface area contributed by atoms with Gasteiger partial charge in [-0.1, -0.05) is 35.3 Å². The number of alkyl halides is 2. The minimum Gasteiger partial charge on any atom is -0.480 e. The van der Waals surface area contributed by atoms with E-state index in [-0.39, 0.29) is 105 Å². The largest absolute Gasteiger partial charge is 0.480 e. The number of esters is 2. The first-order valence-corrected chi connectivity index (χ1v) is 41.7. The number of hydrogen-bond acceptors (Lipinski definition) is 24. The monoisotopic (exact) mass is 1710 g/mol. The van der Waals surface area contributed by atoms with Crippen molar-refractivity contribution in [3.63, 3.8) is 0 Å². The number of nitrogens with zero attached hydrogens (tertiary/aromatic N) is 12. The van der Waals surface area contributed by atoms with E-state index in [0.29, 0.717) is 131 Å². The van der Waals surface area contributed by atoms with Gasteiger partial charge < -0.3 is 49.2 Å². The van der Waals surface area contributed by atoms with E-state index in [0.717, 1.165) is 4.31 Å². The molecule has 8 aliphatic rings. The number of anilines is 2. The molecule has 29 nitrogen and oxygen atoms in total. The van der Waals surface area contributed by atoms with Crippen molar-refractivity contribution < 1.29 is 87.2 Å². The number of thiazole rings is 2. The van der Waals surface area contributed by atoms with Crippen LogP contribution >= 0.6 is 45.9 Å². The molecule has 0 radical (unpaired) electrons. The number of urea groups is 2. The zero-order valence-corrected chi connectivity index (χ0v) is 66.4. The smallest absolute Gasteiger partial charge is 0.338 e. The highest BCUT2D eigenvalue weighted by Crippen LogP contribution is 2.42. The van der Waals surface area contributed by atoms with E-state index in [4.69, 9.17) is 56.9 Å². The predicted molar refractivity (Wildman–Crippen MR) is 419 cm³/mol. The maximum atomic E-state index is 14.2. The van der Waals surface area contributed by atoms with Gasteiger partial charge in [0, 0.05) is 152 Å². The SMILES string of the molecule is COC(=O)C1=C(CN2CCN3C(=O)N(c4ccc(Oc5ccc(S(=O)(=O)N6CCCC6(F)F)cc5)cc4)C[C@@H]3C2)NC(c2nccs2)=N[C@H]1c1ccc(F)cc1Cl.COC(=O)C1=C(CN2CCN3C(=O)N(c4ccc(Oc5ccc(S(=O)(=O)N6CCOC[C@H]6C(=O)O)cc5)cc4)C[C@@H]3C2)NC(c2nccs2)=N[C@H]1c1ccc(F)cc1Cl. The van der Waals surface area contributed by atoms with E-state index < -0.39 is 80.2 Å². The van der Waals surface area contributed by atoms with Crippen molar-refractivity contribution in [3.05, 3.63) is 222 Å². The second kappa shape index (κ2) is 33.6. The maximum Gasteiger partial charge on any atom is 0.338 e. The van der Waals surface area contributed by atoms with Crippen molar-refractivity contribution >= 4 is 119 Å². The topological polar surface area (TPSA) is 320 Å². The predicted octanol–water partition coefficient (Wildman–Crippen LogP) is 10.6. The molecule has 8 aliphatic heterocycles. The number of rotatable bonds is 21. The van der Waals surface area contributed by atoms with E-state index in [2.05, 4.69) is 30.4 Å². The lowest BCUT2D eigenvalue weighted by Gasteiger charge is -2.38. The average molecular weight is 1710 g/mol. The second-order valence-electron chi connectivity index (χ2n) is 27.8. The number of benzene rings is 6. The lowest BCUT2D eigenvalue weighted by molar-refractivity contribution is -0.146. The number of aliphatic carboxylic acids is 1. The summed E-state index contributed by atoms with van der Waals surface area (Å²) in [5.74, 6) is -1.15. The molecule has 4 amide bonds. The third kappa shape index (κ3) is 16.7. The molecule has 3 N–H and O–H groups in total. The number of carboxylic acid groups (broad SMARTS) is 1. The van der Waals surface area contributed by atoms with Crippen LogP contribution in [0.1, 0.15) is 46.1 Å². The number of hydrogen-bond donors (Lipinski definition) is 3. The Morgan fingerprint density at radius 1 is 0.586 bits per heavy atom. The molecule has 5 atom stereocenters. The van der Waals surface area contributed by atoms with Crippen molar-refractivity contribution in [1.82, 2.24) is 48.8 Å². The first-order chi connectivity index (χ1) is 55.7. The summed E-state index contributed by atoms with van der Waals surface area (Å²) in [6.07, 6.45) is 2.87. The molecule has 0 spiro atoms. The number of fused-ring (bicyclic) bond motifs is 2. The second-order valence-corrected chi connectivity index (χ2v) is 34.1. The van der Waals surface area contributed by atoms with E-state index in [1.807, 2.05) is 15.2 Å². The molecule has 10 heterocycles. The minimum atomic E-state index is -4.37. The van der Waals surface area contributed by atoms with Gasteiger partial charge in [0.2, 0.25) is 20.0 Å². The number of aliphatic imine (C=N–C) groups is 2. The molecule has 606 valence electrons. The summed E-state index contributed by atoms with van der Waals surface area (Å²) in [5.41, 5.74) is 3.71. The first-order valence-electron chi connectivity index (χ1n) is 36.4. The number of sulfonamides is 2. The lowest BCUT2D eigenvalue weighted by Crippen LogP contribution is -2.53. The highest BCUT2D eigenvalue weighted by molar-refractivity contribution is 7.89. The number of morpholine rings is 1. The fourth-order valence-electron chi connectivity index (χ4n) is 15.0. The standard InChI is InChI=1S/C39H37ClFN7O9S2.C38H35ClF3N7O6S2/c1-55-38(51)33-31(43-35(36-42-12-17-58-36)44-34(33)29-11-2-23(41)18-30(29)40)21-45-13-14-46-25(19-45)20-47(39(46)52)24-3-5-26(6-4-24)57-27-7-9-28(10-8-27)59(53,54)48-15-16-56-22-32(48)37(49)50;1-54-36(50)32-31(44-34(35-43-14-18-56-35)45-33(32)29-12-3-23(40)19-30(29)39)22-46-16-17-47-25(20-46)21-48(37(47)51)24-4-6-26(7-5-24)55-27-8-10-28(11-9-27)57(52,53)49-15-2-13-38(49,41)42/h2-12,17-18,25,32,34H,13-16,19-22H2,1H3,(H,43,44)(H,49,50);3-12,14,18-19,25,33H,2,13,15-17,20-22H2,1H3,(H,44,45)/t25-,32-,34-;25-,33-/m00/s1. The van der Waals surface area contributed by atoms with Crippen molar-refractivity contribution in [2.24, 2.45) is 9.98 Å². The number of methoxy groups -OCH3 is 2. The van der Waals surface area contributed by atoms with Gasteiger partial charge >= 0.3 is 36.0 Å². The van der Waals surface area contributed by atoms with Crippen LogP contribution < -0.4 is 29.9 Å². The number of carbonyl (C=O) groups is 5. The average Bonchev–Trinajstić information content (AvgIpc) is 0.965. The van der Waals surface area contributed by atoms with E-state index in [1.165, 1.54) is 122 Å². The molecular weight excluding hydrogens is 1640 g/mol. The number of carboxylic acids is 1. The van der Waals surface area contributed by atoms with Crippen LogP contribution in [0.25, 0.3) is 0 Å². The van der Waals surface area contributed by atoms with Crippen LogP contribution in [0.3, 0.4) is 0 Å². The van der Waals surface area contributed by atoms with Gasteiger partial charge in [0.1, 0.15) is 52.8 Å². The molecule has 16 rings (SSSR count). The molecule has 6 fully saturated rings. The van der Waals surface area contributed by atoms with E-state index in [1.54, 1.807) is 76.1 Å². The zero-order valence-electron chi connectivity index (χ0n) is 61.6. The van der Waals surface area contributed by atoms with Crippen LogP contribution in [0.4, 0.5) is 38.5 Å². The summed E-state index contributed by atoms with van der Waals surface area (Å²) in [4.78, 5) is 95.2. The Morgan fingerprint density at radius 2 is 1.02 bits per heavy atom. The quantitative estimate of drug-likeness (QED) is 0.0342. The van der Waals surface area contributed by atoms with Crippen molar-refractivity contribution in [2.75, 3.05) is 116 Å². The number of aromatic nitrogens is 2. The molecule has 0 bridgehead atoms. The van der Waals surface area contributed by atoms with Crippen molar-refractivity contribution in [1.29, 1.82) is 0 Å². The Bertz CT molecular complexity index is 5470. The van der Waals surface area contributed by atoms with Crippen LogP contribution in [-0.2, 0) is 48.6 Å². The van der Waals surface area contributed by atoms with Gasteiger partial charge in [-0.05, 0) is 128 Å². The van der Waals surface area contributed by atoms with Gasteiger partial charge in [-0.2, -0.15) is 13.1 Å². The van der Waals surface area contributed by atoms with Crippen LogP contribution in [0, 0.1) is 11.6 Å². The summed E-state index contributed by atoms with van der Waals surface area (Å²) >= 11 is 15.7. The molecule has 6 aromatic carbocycles. The van der Waals surface area contributed by atoms with Gasteiger partial charge in [-0.15, -0.1) is 27.0 Å². The minimum absolute atomic E-state index is 0.0695. The Hall–Kier alpha value is -10.5. The van der Waals surface area contributed by atoms with Gasteiger partial charge in [0.25, 0.3) is 0 Å². The molecule has 116 heavy (non-hydrogen) atoms. The molecule has 2 aromatic heterocycles. The van der Waals surface area contributed by atoms with Crippen molar-refractivity contribution in [2.45, 2.75) is 58.9 Å². The summed E-state index contributed by atoms with van der Waals surface area (Å²) in [5, 5.41) is 21.2. The highest BCUT2D eigenvalue weighted by atomic mass is 35.5. The molecule has 6 saturated heterocycles. The van der Waals surface area contributed by atoms with Crippen LogP contribution in [-0.4, -0.2) is 232 Å². The summed E-state index contributed by atoms with van der Waals surface area (Å²) in [7, 11) is -5.90. The number of piperazine rings is 2. The number of amides is 4. The zero-order chi connectivity index (χ0) is 81.5. The summed E-state index contributed by atoms with van der Waals surface area (Å²) in [6, 6.07) is 25.5. The Kier molecular flexibility index (Phi) is 23.4. The molecular formula is C77H72Cl2F4N14O15S4. The van der Waals surface area contributed by atoms with Crippen LogP contribution in [0.15, 0.2) is 199 Å². The summed E-state index contributed by atoms with van der Waals surface area (Å²) < 4.78 is 137. The molecule has 8 aromatic rings. The van der Waals surface area contributed by atoms with Crippen LogP contribution in [0.5, 0.6) is 23.0 Å². The Balaban J connectivity index is 0.000000182. The molecule has 39 heteroatoms. The molecule has 0 unspecified atom stereocenters. The van der Waals surface area contributed by atoms with Gasteiger partial charge in [-0.3, -0.25) is 34.4 Å². The lowest BCUT2D eigenvalue weighted by atomic mass is 9.95. The van der Waals surface area contributed by atoms with Gasteiger partial charge in [0.05, 0.1) is 60.5 Å². The number of amidine groups is 2. The normalized spacial score (nSPS) is 21.4. The number of ether oxygens (including phenoxy) is 5. The third-order valence-corrected chi connectivity index (χ3v) is 26.7. The van der Waals surface area contributed by atoms with E-state index >= 15 is 0 Å². The number of carbonyl (C=O) groups excluding carboxylic acids is 4. The Morgan fingerprint density at radius 3 is 1.41 bits per heavy atom. The fraction of sp³-hybridized carbons (Fsp3) is 0.312. The number of nitrogens with one attached hydrogen (secondary N) is 2. The summed E-state index contributed by atoms with van der Waals surface area (Å²) in [6.45, 7) is 3.83. The molecule has 0 aliphatic carbocycles. The molecule has 0 saturated carbocycles. The Labute approximate surface area is 680 Å². The van der Waals surface area contributed by atoms with Crippen LogP contribution in [0.2, 0.25) is 10.0 Å². The van der Waals surface area contributed by atoms with E-state index in [9.17, 15) is 63.5 Å². The highest BCUT2D eigenvalue weighted by Gasteiger charge is 2.50. The first kappa shape index (κ1) is 80.7. The number of halogens is 6.